The molecule has 3 rings (SSSR count). The van der Waals surface area contributed by atoms with E-state index in [-0.39, 0.29) is 5.82 Å². The summed E-state index contributed by atoms with van der Waals surface area (Å²) < 4.78 is 18.5. The molecule has 138 valence electrons. The fourth-order valence-electron chi connectivity index (χ4n) is 2.73. The van der Waals surface area contributed by atoms with Gasteiger partial charge in [0.05, 0.1) is 6.54 Å². The molecule has 0 spiro atoms. The molecule has 0 bridgehead atoms. The number of benzene rings is 1. The molecule has 1 saturated heterocycles. The lowest BCUT2D eigenvalue weighted by molar-refractivity contribution is 0.314. The number of hydrogen-bond acceptors (Lipinski definition) is 4. The maximum absolute atomic E-state index is 13.0. The number of aliphatic imine (C=N–C) groups is 1. The van der Waals surface area contributed by atoms with Crippen LogP contribution in [-0.2, 0) is 0 Å². The van der Waals surface area contributed by atoms with Crippen molar-refractivity contribution >= 4 is 23.2 Å². The molecule has 8 heteroatoms. The van der Waals surface area contributed by atoms with Crippen LogP contribution in [0.5, 0.6) is 5.88 Å². The largest absolute Gasteiger partial charge is 0.475 e. The van der Waals surface area contributed by atoms with Crippen molar-refractivity contribution in [1.29, 1.82) is 0 Å². The van der Waals surface area contributed by atoms with Crippen molar-refractivity contribution in [2.45, 2.75) is 0 Å². The third-order valence-corrected chi connectivity index (χ3v) is 4.41. The molecule has 1 aromatic heterocycles. The van der Waals surface area contributed by atoms with E-state index in [1.165, 1.54) is 12.1 Å². The molecule has 0 atom stereocenters. The zero-order chi connectivity index (χ0) is 18.4. The second-order valence-electron chi connectivity index (χ2n) is 5.83. The molecule has 26 heavy (non-hydrogen) atoms. The molecule has 2 heterocycles. The number of pyridine rings is 1. The Hall–Kier alpha value is -2.54. The number of halogens is 2. The van der Waals surface area contributed by atoms with Crippen molar-refractivity contribution in [3.63, 3.8) is 0 Å². The monoisotopic (exact) mass is 377 g/mol. The number of aromatic nitrogens is 1. The van der Waals surface area contributed by atoms with Crippen LogP contribution in [0.4, 0.5) is 10.1 Å². The molecule has 1 aromatic carbocycles. The minimum Gasteiger partial charge on any atom is -0.475 e. The summed E-state index contributed by atoms with van der Waals surface area (Å²) >= 11 is 5.98. The summed E-state index contributed by atoms with van der Waals surface area (Å²) in [6, 6.07) is 10.0. The Balaban J connectivity index is 1.44. The van der Waals surface area contributed by atoms with Crippen molar-refractivity contribution in [3.8, 4) is 5.88 Å². The van der Waals surface area contributed by atoms with Crippen LogP contribution in [0, 0.1) is 5.82 Å². The van der Waals surface area contributed by atoms with E-state index >= 15 is 0 Å². The molecular weight excluding hydrogens is 357 g/mol. The number of nitrogens with zero attached hydrogens (tertiary/aromatic N) is 4. The maximum atomic E-state index is 13.0. The highest BCUT2D eigenvalue weighted by molar-refractivity contribution is 6.31. The lowest BCUT2D eigenvalue weighted by atomic mass is 10.2. The van der Waals surface area contributed by atoms with E-state index in [1.807, 2.05) is 4.90 Å². The zero-order valence-corrected chi connectivity index (χ0v) is 15.1. The predicted octanol–water partition coefficient (Wildman–Crippen LogP) is 2.39. The average Bonchev–Trinajstić information content (AvgIpc) is 2.67. The minimum atomic E-state index is -0.224. The van der Waals surface area contributed by atoms with Crippen LogP contribution in [0.25, 0.3) is 0 Å². The lowest BCUT2D eigenvalue weighted by Crippen LogP contribution is -2.51. The SMILES string of the molecule is NC(=NCCOc1ncccc1Cl)N1CCN(c2ccc(F)cc2)CC1. The van der Waals surface area contributed by atoms with Gasteiger partial charge in [-0.15, -0.1) is 0 Å². The molecule has 6 nitrogen and oxygen atoms in total. The van der Waals surface area contributed by atoms with Gasteiger partial charge in [0.2, 0.25) is 5.88 Å². The number of ether oxygens (including phenoxy) is 1. The van der Waals surface area contributed by atoms with Crippen molar-refractivity contribution in [1.82, 2.24) is 9.88 Å². The van der Waals surface area contributed by atoms with Gasteiger partial charge in [0, 0.05) is 38.1 Å². The minimum absolute atomic E-state index is 0.224. The van der Waals surface area contributed by atoms with Crippen molar-refractivity contribution in [3.05, 3.63) is 53.4 Å². The zero-order valence-electron chi connectivity index (χ0n) is 14.3. The molecule has 2 N–H and O–H groups in total. The first kappa shape index (κ1) is 18.3. The van der Waals surface area contributed by atoms with E-state index in [2.05, 4.69) is 14.9 Å². The van der Waals surface area contributed by atoms with Gasteiger partial charge in [0.15, 0.2) is 5.96 Å². The molecule has 0 amide bonds. The summed E-state index contributed by atoms with van der Waals surface area (Å²) in [6.07, 6.45) is 1.62. The number of rotatable bonds is 5. The van der Waals surface area contributed by atoms with Crippen LogP contribution in [-0.4, -0.2) is 55.2 Å². The van der Waals surface area contributed by atoms with Crippen molar-refractivity contribution < 1.29 is 9.13 Å². The Bertz CT molecular complexity index is 748. The van der Waals surface area contributed by atoms with E-state index in [1.54, 1.807) is 30.5 Å². The smallest absolute Gasteiger partial charge is 0.232 e. The number of piperazine rings is 1. The summed E-state index contributed by atoms with van der Waals surface area (Å²) in [6.45, 7) is 3.92. The van der Waals surface area contributed by atoms with Gasteiger partial charge < -0.3 is 20.3 Å². The third-order valence-electron chi connectivity index (χ3n) is 4.12. The molecule has 2 aromatic rings. The highest BCUT2D eigenvalue weighted by Gasteiger charge is 2.18. The van der Waals surface area contributed by atoms with Crippen molar-refractivity contribution in [2.75, 3.05) is 44.2 Å². The average molecular weight is 378 g/mol. The van der Waals surface area contributed by atoms with E-state index < -0.39 is 0 Å². The topological polar surface area (TPSA) is 67.0 Å². The van der Waals surface area contributed by atoms with Gasteiger partial charge in [-0.3, -0.25) is 0 Å². The molecule has 0 saturated carbocycles. The standard InChI is InChI=1S/C18H21ClFN5O/c19-16-2-1-7-22-17(16)26-13-8-23-18(21)25-11-9-24(10-12-25)15-5-3-14(20)4-6-15/h1-7H,8-13H2,(H2,21,23). The van der Waals surface area contributed by atoms with Gasteiger partial charge in [-0.1, -0.05) is 11.6 Å². The van der Waals surface area contributed by atoms with Gasteiger partial charge in [-0.2, -0.15) is 0 Å². The van der Waals surface area contributed by atoms with Crippen LogP contribution >= 0.6 is 11.6 Å². The second kappa shape index (κ2) is 8.71. The number of nitrogens with two attached hydrogens (primary N) is 1. The number of guanidine groups is 1. The van der Waals surface area contributed by atoms with Crippen LogP contribution in [0.2, 0.25) is 5.02 Å². The molecule has 0 radical (unpaired) electrons. The molecule has 0 aliphatic carbocycles. The molecule has 1 aliphatic heterocycles. The Morgan fingerprint density at radius 1 is 1.19 bits per heavy atom. The quantitative estimate of drug-likeness (QED) is 0.492. The fourth-order valence-corrected chi connectivity index (χ4v) is 2.90. The molecule has 0 unspecified atom stereocenters. The lowest BCUT2D eigenvalue weighted by Gasteiger charge is -2.36. The summed E-state index contributed by atoms with van der Waals surface area (Å²) in [5.41, 5.74) is 7.09. The summed E-state index contributed by atoms with van der Waals surface area (Å²) in [7, 11) is 0. The highest BCUT2D eigenvalue weighted by atomic mass is 35.5. The number of anilines is 1. The Labute approximate surface area is 157 Å². The summed E-state index contributed by atoms with van der Waals surface area (Å²) in [5.74, 6) is 0.674. The molecule has 1 aliphatic rings. The predicted molar refractivity (Wildman–Crippen MR) is 101 cm³/mol. The normalized spacial score (nSPS) is 15.2. The van der Waals surface area contributed by atoms with Crippen LogP contribution in [0.15, 0.2) is 47.6 Å². The van der Waals surface area contributed by atoms with E-state index in [0.717, 1.165) is 31.9 Å². The van der Waals surface area contributed by atoms with Gasteiger partial charge in [0.1, 0.15) is 17.4 Å². The van der Waals surface area contributed by atoms with Gasteiger partial charge in [-0.25, -0.2) is 14.4 Å². The van der Waals surface area contributed by atoms with Crippen LogP contribution < -0.4 is 15.4 Å². The molecular formula is C18H21ClFN5O. The first-order valence-electron chi connectivity index (χ1n) is 8.42. The first-order chi connectivity index (χ1) is 12.6. The fraction of sp³-hybridized carbons (Fsp3) is 0.333. The van der Waals surface area contributed by atoms with Crippen LogP contribution in [0.3, 0.4) is 0 Å². The third kappa shape index (κ3) is 4.76. The van der Waals surface area contributed by atoms with Crippen LogP contribution in [0.1, 0.15) is 0 Å². The van der Waals surface area contributed by atoms with E-state index in [0.29, 0.717) is 30.0 Å². The Kier molecular flexibility index (Phi) is 6.12. The number of hydrogen-bond donors (Lipinski definition) is 1. The molecule has 1 fully saturated rings. The second-order valence-corrected chi connectivity index (χ2v) is 6.24. The Morgan fingerprint density at radius 2 is 1.92 bits per heavy atom. The van der Waals surface area contributed by atoms with Gasteiger partial charge in [-0.05, 0) is 36.4 Å². The van der Waals surface area contributed by atoms with E-state index in [4.69, 9.17) is 22.1 Å². The van der Waals surface area contributed by atoms with Gasteiger partial charge in [0.25, 0.3) is 0 Å². The maximum Gasteiger partial charge on any atom is 0.232 e. The van der Waals surface area contributed by atoms with Gasteiger partial charge >= 0.3 is 0 Å². The highest BCUT2D eigenvalue weighted by Crippen LogP contribution is 2.19. The Morgan fingerprint density at radius 3 is 2.62 bits per heavy atom. The summed E-state index contributed by atoms with van der Waals surface area (Å²) in [4.78, 5) is 12.7. The van der Waals surface area contributed by atoms with E-state index in [9.17, 15) is 4.39 Å². The first-order valence-corrected chi connectivity index (χ1v) is 8.80. The summed E-state index contributed by atoms with van der Waals surface area (Å²) in [5, 5.41) is 0.473. The van der Waals surface area contributed by atoms with Crippen molar-refractivity contribution in [2.24, 2.45) is 10.7 Å².